The van der Waals surface area contributed by atoms with Gasteiger partial charge in [-0.3, -0.25) is 0 Å². The van der Waals surface area contributed by atoms with Gasteiger partial charge in [0.15, 0.2) is 9.84 Å². The number of sulfonamides is 1. The van der Waals surface area contributed by atoms with E-state index in [9.17, 15) is 21.2 Å². The Bertz CT molecular complexity index is 726. The molecular weight excluding hydrogens is 317 g/mol. The van der Waals surface area contributed by atoms with Crippen molar-refractivity contribution in [2.45, 2.75) is 17.4 Å². The van der Waals surface area contributed by atoms with Gasteiger partial charge >= 0.3 is 0 Å². The molecule has 0 bridgehead atoms. The predicted molar refractivity (Wildman–Crippen MR) is 77.5 cm³/mol. The van der Waals surface area contributed by atoms with Gasteiger partial charge in [0.25, 0.3) is 0 Å². The second-order valence-corrected chi connectivity index (χ2v) is 8.99. The molecule has 0 radical (unpaired) electrons. The molecule has 1 aromatic rings. The normalized spacial score (nSPS) is 21.5. The fourth-order valence-electron chi connectivity index (χ4n) is 2.32. The summed E-state index contributed by atoms with van der Waals surface area (Å²) >= 11 is 0. The van der Waals surface area contributed by atoms with E-state index in [1.807, 2.05) is 0 Å². The fourth-order valence-corrected chi connectivity index (χ4v) is 5.77. The first-order valence-corrected chi connectivity index (χ1v) is 9.61. The smallest absolute Gasteiger partial charge is 0.229 e. The lowest BCUT2D eigenvalue weighted by Crippen LogP contribution is -2.41. The molecule has 1 saturated heterocycles. The van der Waals surface area contributed by atoms with Gasteiger partial charge in [0.1, 0.15) is 5.82 Å². The van der Waals surface area contributed by atoms with Crippen LogP contribution in [0.4, 0.5) is 4.39 Å². The van der Waals surface area contributed by atoms with Gasteiger partial charge in [-0.05, 0) is 30.7 Å². The van der Waals surface area contributed by atoms with Gasteiger partial charge in [-0.1, -0.05) is 6.08 Å². The summed E-state index contributed by atoms with van der Waals surface area (Å²) < 4.78 is 62.4. The Morgan fingerprint density at radius 2 is 1.95 bits per heavy atom. The SMILES string of the molecule is C=CCN([C@H]1CCS(=O)(=O)C1)S(=O)(=O)c1ccc(F)cc1. The monoisotopic (exact) mass is 333 g/mol. The van der Waals surface area contributed by atoms with Crippen molar-refractivity contribution in [2.75, 3.05) is 18.1 Å². The Balaban J connectivity index is 2.37. The summed E-state index contributed by atoms with van der Waals surface area (Å²) in [4.78, 5) is -0.0601. The number of benzene rings is 1. The first-order chi connectivity index (χ1) is 9.76. The third-order valence-electron chi connectivity index (χ3n) is 3.34. The molecule has 1 aliphatic heterocycles. The maximum absolute atomic E-state index is 12.9. The summed E-state index contributed by atoms with van der Waals surface area (Å²) in [5.41, 5.74) is 0. The highest BCUT2D eigenvalue weighted by molar-refractivity contribution is 7.92. The van der Waals surface area contributed by atoms with Gasteiger partial charge < -0.3 is 0 Å². The third-order valence-corrected chi connectivity index (χ3v) is 7.03. The highest BCUT2D eigenvalue weighted by Gasteiger charge is 2.38. The van der Waals surface area contributed by atoms with Crippen molar-refractivity contribution in [3.63, 3.8) is 0 Å². The summed E-state index contributed by atoms with van der Waals surface area (Å²) in [7, 11) is -7.09. The minimum Gasteiger partial charge on any atom is -0.229 e. The molecular formula is C13H16FNO4S2. The fraction of sp³-hybridized carbons (Fsp3) is 0.385. The summed E-state index contributed by atoms with van der Waals surface area (Å²) in [6.45, 7) is 3.53. The Hall–Kier alpha value is -1.25. The van der Waals surface area contributed by atoms with Crippen LogP contribution >= 0.6 is 0 Å². The van der Waals surface area contributed by atoms with Crippen molar-refractivity contribution in [1.82, 2.24) is 4.31 Å². The average molecular weight is 333 g/mol. The molecule has 21 heavy (non-hydrogen) atoms. The molecule has 0 N–H and O–H groups in total. The minimum atomic E-state index is -3.88. The van der Waals surface area contributed by atoms with E-state index < -0.39 is 31.7 Å². The van der Waals surface area contributed by atoms with Crippen LogP contribution in [0.15, 0.2) is 41.8 Å². The predicted octanol–water partition coefficient (Wildman–Crippen LogP) is 1.19. The van der Waals surface area contributed by atoms with Crippen LogP contribution < -0.4 is 0 Å². The molecule has 0 amide bonds. The van der Waals surface area contributed by atoms with Gasteiger partial charge in [-0.2, -0.15) is 4.31 Å². The van der Waals surface area contributed by atoms with E-state index in [-0.39, 0.29) is 29.4 Å². The van der Waals surface area contributed by atoms with Gasteiger partial charge in [-0.25, -0.2) is 21.2 Å². The number of sulfone groups is 1. The van der Waals surface area contributed by atoms with Crippen molar-refractivity contribution in [1.29, 1.82) is 0 Å². The van der Waals surface area contributed by atoms with Crippen molar-refractivity contribution in [3.05, 3.63) is 42.7 Å². The summed E-state index contributed by atoms with van der Waals surface area (Å²) in [6.07, 6.45) is 1.67. The first kappa shape index (κ1) is 16.1. The van der Waals surface area contributed by atoms with Crippen LogP contribution in [0.2, 0.25) is 0 Å². The van der Waals surface area contributed by atoms with E-state index in [1.165, 1.54) is 18.2 Å². The van der Waals surface area contributed by atoms with Crippen molar-refractivity contribution in [3.8, 4) is 0 Å². The molecule has 0 unspecified atom stereocenters. The molecule has 0 aromatic heterocycles. The van der Waals surface area contributed by atoms with Crippen molar-refractivity contribution in [2.24, 2.45) is 0 Å². The van der Waals surface area contributed by atoms with Gasteiger partial charge in [0.2, 0.25) is 10.0 Å². The quantitative estimate of drug-likeness (QED) is 0.759. The maximum Gasteiger partial charge on any atom is 0.243 e. The first-order valence-electron chi connectivity index (χ1n) is 6.35. The van der Waals surface area contributed by atoms with Crippen LogP contribution in [-0.2, 0) is 19.9 Å². The van der Waals surface area contributed by atoms with Crippen LogP contribution in [-0.4, -0.2) is 45.2 Å². The zero-order valence-corrected chi connectivity index (χ0v) is 12.9. The number of hydrogen-bond donors (Lipinski definition) is 0. The zero-order valence-electron chi connectivity index (χ0n) is 11.3. The van der Waals surface area contributed by atoms with Gasteiger partial charge in [0, 0.05) is 12.6 Å². The lowest BCUT2D eigenvalue weighted by Gasteiger charge is -2.26. The van der Waals surface area contributed by atoms with E-state index in [0.717, 1.165) is 16.4 Å². The molecule has 8 heteroatoms. The molecule has 0 aliphatic carbocycles. The lowest BCUT2D eigenvalue weighted by atomic mass is 10.2. The molecule has 116 valence electrons. The maximum atomic E-state index is 12.9. The van der Waals surface area contributed by atoms with Crippen LogP contribution in [0.3, 0.4) is 0 Å². The van der Waals surface area contributed by atoms with Gasteiger partial charge in [0.05, 0.1) is 16.4 Å². The molecule has 1 aliphatic rings. The Kier molecular flexibility index (Phi) is 4.50. The highest BCUT2D eigenvalue weighted by atomic mass is 32.2. The van der Waals surface area contributed by atoms with E-state index in [0.29, 0.717) is 0 Å². The van der Waals surface area contributed by atoms with E-state index in [2.05, 4.69) is 6.58 Å². The van der Waals surface area contributed by atoms with Crippen LogP contribution in [0.1, 0.15) is 6.42 Å². The Morgan fingerprint density at radius 1 is 1.33 bits per heavy atom. The second kappa shape index (κ2) is 5.86. The minimum absolute atomic E-state index is 0.0138. The lowest BCUT2D eigenvalue weighted by molar-refractivity contribution is 0.367. The van der Waals surface area contributed by atoms with E-state index in [1.54, 1.807) is 0 Å². The topological polar surface area (TPSA) is 71.5 Å². The number of nitrogens with zero attached hydrogens (tertiary/aromatic N) is 1. The molecule has 0 spiro atoms. The molecule has 1 fully saturated rings. The molecule has 1 aromatic carbocycles. The molecule has 5 nitrogen and oxygen atoms in total. The molecule has 1 atom stereocenters. The number of hydrogen-bond acceptors (Lipinski definition) is 4. The summed E-state index contributed by atoms with van der Waals surface area (Å²) in [5.74, 6) is -0.751. The summed E-state index contributed by atoms with van der Waals surface area (Å²) in [5, 5.41) is 0. The molecule has 1 heterocycles. The molecule has 2 rings (SSSR count). The summed E-state index contributed by atoms with van der Waals surface area (Å²) in [6, 6.07) is 3.85. The van der Waals surface area contributed by atoms with Gasteiger partial charge in [-0.15, -0.1) is 6.58 Å². The largest absolute Gasteiger partial charge is 0.243 e. The number of rotatable bonds is 5. The Labute approximate surface area is 124 Å². The van der Waals surface area contributed by atoms with Crippen LogP contribution in [0, 0.1) is 5.82 Å². The standard InChI is InChI=1S/C13H16FNO4S2/c1-2-8-15(12-7-9-20(16,17)10-12)21(18,19)13-5-3-11(14)4-6-13/h2-6,12H,1,7-10H2/t12-/m0/s1. The Morgan fingerprint density at radius 3 is 2.43 bits per heavy atom. The third kappa shape index (κ3) is 3.50. The van der Waals surface area contributed by atoms with Crippen molar-refractivity contribution < 1.29 is 21.2 Å². The average Bonchev–Trinajstić information content (AvgIpc) is 2.76. The number of halogens is 1. The van der Waals surface area contributed by atoms with Crippen LogP contribution in [0.25, 0.3) is 0 Å². The zero-order chi connectivity index (χ0) is 15.7. The van der Waals surface area contributed by atoms with Crippen molar-refractivity contribution >= 4 is 19.9 Å². The van der Waals surface area contributed by atoms with E-state index in [4.69, 9.17) is 0 Å². The second-order valence-electron chi connectivity index (χ2n) is 4.87. The molecule has 0 saturated carbocycles. The van der Waals surface area contributed by atoms with Crippen LogP contribution in [0.5, 0.6) is 0 Å². The van der Waals surface area contributed by atoms with E-state index >= 15 is 0 Å². The highest BCUT2D eigenvalue weighted by Crippen LogP contribution is 2.25.